The van der Waals surface area contributed by atoms with Crippen LogP contribution in [0.2, 0.25) is 0 Å². The van der Waals surface area contributed by atoms with Crippen LogP contribution in [0.3, 0.4) is 0 Å². The Morgan fingerprint density at radius 2 is 0.979 bits per heavy atom. The van der Waals surface area contributed by atoms with Crippen LogP contribution in [-0.2, 0) is 0 Å². The van der Waals surface area contributed by atoms with E-state index in [1.165, 1.54) is 76.5 Å². The number of pyridine rings is 1. The SMILES string of the molecule is c1ccc(-c2ccc(-c3cc(-c4ccc(-n5c6ccccc6c6cccnc65)cc4)c4ccc5cccc6ccc3c4c65)cc2)cc1. The Morgan fingerprint density at radius 3 is 1.70 bits per heavy atom. The minimum absolute atomic E-state index is 0.977. The highest BCUT2D eigenvalue weighted by Crippen LogP contribution is 2.44. The van der Waals surface area contributed by atoms with E-state index in [2.05, 4.69) is 162 Å². The van der Waals surface area contributed by atoms with Gasteiger partial charge in [0, 0.05) is 22.7 Å². The highest BCUT2D eigenvalue weighted by Gasteiger charge is 2.18. The average Bonchev–Trinajstić information content (AvgIpc) is 3.49. The summed E-state index contributed by atoms with van der Waals surface area (Å²) in [7, 11) is 0. The number of benzene rings is 8. The van der Waals surface area contributed by atoms with Gasteiger partial charge in [-0.3, -0.25) is 4.57 Å². The second-order valence-electron chi connectivity index (χ2n) is 12.4. The van der Waals surface area contributed by atoms with Crippen molar-refractivity contribution in [1.82, 2.24) is 9.55 Å². The summed E-state index contributed by atoms with van der Waals surface area (Å²) in [6.07, 6.45) is 1.88. The second-order valence-corrected chi connectivity index (χ2v) is 12.4. The molecule has 10 aromatic rings. The van der Waals surface area contributed by atoms with Gasteiger partial charge in [-0.1, -0.05) is 127 Å². The van der Waals surface area contributed by atoms with Crippen LogP contribution in [0.15, 0.2) is 170 Å². The molecule has 2 heterocycles. The lowest BCUT2D eigenvalue weighted by molar-refractivity contribution is 1.14. The van der Waals surface area contributed by atoms with Crippen molar-refractivity contribution in [3.05, 3.63) is 170 Å². The molecule has 0 saturated carbocycles. The minimum atomic E-state index is 0.977. The van der Waals surface area contributed by atoms with Crippen LogP contribution >= 0.6 is 0 Å². The summed E-state index contributed by atoms with van der Waals surface area (Å²) in [4.78, 5) is 4.80. The van der Waals surface area contributed by atoms with E-state index < -0.39 is 0 Å². The van der Waals surface area contributed by atoms with Gasteiger partial charge in [0.15, 0.2) is 0 Å². The first-order chi connectivity index (χ1) is 23.3. The molecule has 0 bridgehead atoms. The van der Waals surface area contributed by atoms with Gasteiger partial charge in [-0.2, -0.15) is 0 Å². The topological polar surface area (TPSA) is 17.8 Å². The van der Waals surface area contributed by atoms with Crippen LogP contribution < -0.4 is 0 Å². The van der Waals surface area contributed by atoms with Crippen LogP contribution in [0.4, 0.5) is 0 Å². The summed E-state index contributed by atoms with van der Waals surface area (Å²) in [6, 6.07) is 59.6. The molecule has 0 aliphatic rings. The molecule has 0 N–H and O–H groups in total. The van der Waals surface area contributed by atoms with E-state index >= 15 is 0 Å². The molecule has 0 saturated heterocycles. The van der Waals surface area contributed by atoms with Gasteiger partial charge >= 0.3 is 0 Å². The number of para-hydroxylation sites is 1. The third kappa shape index (κ3) is 3.95. The zero-order valence-corrected chi connectivity index (χ0v) is 25.6. The summed E-state index contributed by atoms with van der Waals surface area (Å²) in [6.45, 7) is 0. The van der Waals surface area contributed by atoms with Gasteiger partial charge in [0.1, 0.15) is 5.65 Å². The van der Waals surface area contributed by atoms with Gasteiger partial charge in [0.2, 0.25) is 0 Å². The van der Waals surface area contributed by atoms with Gasteiger partial charge in [0.05, 0.1) is 5.52 Å². The Morgan fingerprint density at radius 1 is 0.383 bits per heavy atom. The Bertz CT molecular complexity index is 2680. The number of rotatable bonds is 4. The van der Waals surface area contributed by atoms with Crippen molar-refractivity contribution >= 4 is 54.3 Å². The van der Waals surface area contributed by atoms with Crippen LogP contribution in [0.1, 0.15) is 0 Å². The molecule has 2 heteroatoms. The second kappa shape index (κ2) is 10.1. The average molecular weight is 597 g/mol. The molecule has 0 fully saturated rings. The summed E-state index contributed by atoms with van der Waals surface area (Å²) >= 11 is 0. The maximum Gasteiger partial charge on any atom is 0.145 e. The number of hydrogen-bond acceptors (Lipinski definition) is 1. The van der Waals surface area contributed by atoms with Gasteiger partial charge in [0.25, 0.3) is 0 Å². The number of fused-ring (bicyclic) bond motifs is 3. The van der Waals surface area contributed by atoms with E-state index in [1.807, 2.05) is 12.3 Å². The zero-order valence-electron chi connectivity index (χ0n) is 25.6. The van der Waals surface area contributed by atoms with E-state index in [-0.39, 0.29) is 0 Å². The molecular formula is C45H28N2. The van der Waals surface area contributed by atoms with E-state index in [4.69, 9.17) is 4.98 Å². The Labute approximate surface area is 272 Å². The first-order valence-corrected chi connectivity index (χ1v) is 16.1. The number of nitrogens with zero attached hydrogens (tertiary/aromatic N) is 2. The van der Waals surface area contributed by atoms with Crippen LogP contribution in [0.25, 0.3) is 93.3 Å². The van der Waals surface area contributed by atoms with Gasteiger partial charge in [-0.05, 0) is 102 Å². The van der Waals surface area contributed by atoms with E-state index in [1.54, 1.807) is 0 Å². The molecule has 2 aromatic heterocycles. The fourth-order valence-corrected chi connectivity index (χ4v) is 7.63. The lowest BCUT2D eigenvalue weighted by atomic mass is 9.85. The first kappa shape index (κ1) is 26.0. The summed E-state index contributed by atoms with van der Waals surface area (Å²) < 4.78 is 2.28. The Kier molecular flexibility index (Phi) is 5.61. The molecule has 218 valence electrons. The number of hydrogen-bond donors (Lipinski definition) is 0. The molecule has 0 atom stereocenters. The first-order valence-electron chi connectivity index (χ1n) is 16.1. The van der Waals surface area contributed by atoms with Crippen molar-refractivity contribution in [2.75, 3.05) is 0 Å². The third-order valence-electron chi connectivity index (χ3n) is 9.82. The predicted molar refractivity (Wildman–Crippen MR) is 199 cm³/mol. The maximum absolute atomic E-state index is 4.80. The van der Waals surface area contributed by atoms with E-state index in [9.17, 15) is 0 Å². The predicted octanol–water partition coefficient (Wildman–Crippen LogP) is 12.1. The molecule has 0 aliphatic heterocycles. The standard InChI is InChI=1S/C45H28N2/c1-2-8-29(9-3-1)30-15-17-31(18-16-30)40-28-41(38-26-22-34-11-6-10-33-21-25-37(40)44(38)43(33)34)32-19-23-35(24-20-32)47-42-14-5-4-12-36(42)39-13-7-27-46-45(39)47/h1-28H. The van der Waals surface area contributed by atoms with Crippen molar-refractivity contribution in [3.8, 4) is 39.1 Å². The zero-order chi connectivity index (χ0) is 30.9. The Hall–Kier alpha value is -6.25. The molecule has 2 nitrogen and oxygen atoms in total. The smallest absolute Gasteiger partial charge is 0.145 e. The Balaban J connectivity index is 1.19. The highest BCUT2D eigenvalue weighted by atomic mass is 15.0. The monoisotopic (exact) mass is 596 g/mol. The fourth-order valence-electron chi connectivity index (χ4n) is 7.63. The normalized spacial score (nSPS) is 11.8. The van der Waals surface area contributed by atoms with Crippen molar-refractivity contribution in [1.29, 1.82) is 0 Å². The summed E-state index contributed by atoms with van der Waals surface area (Å²) in [5.41, 5.74) is 10.6. The lowest BCUT2D eigenvalue weighted by Gasteiger charge is -2.18. The van der Waals surface area contributed by atoms with E-state index in [0.717, 1.165) is 16.9 Å². The van der Waals surface area contributed by atoms with Crippen LogP contribution in [0, 0.1) is 0 Å². The molecule has 0 aliphatic carbocycles. The summed E-state index contributed by atoms with van der Waals surface area (Å²) in [5.74, 6) is 0. The van der Waals surface area contributed by atoms with Gasteiger partial charge in [-0.15, -0.1) is 0 Å². The molecule has 10 rings (SSSR count). The summed E-state index contributed by atoms with van der Waals surface area (Å²) in [5, 5.41) is 10.2. The van der Waals surface area contributed by atoms with Crippen molar-refractivity contribution < 1.29 is 0 Å². The third-order valence-corrected chi connectivity index (χ3v) is 9.82. The molecule has 0 radical (unpaired) electrons. The van der Waals surface area contributed by atoms with Crippen molar-refractivity contribution in [3.63, 3.8) is 0 Å². The van der Waals surface area contributed by atoms with Gasteiger partial charge in [-0.25, -0.2) is 4.98 Å². The van der Waals surface area contributed by atoms with Gasteiger partial charge < -0.3 is 0 Å². The lowest BCUT2D eigenvalue weighted by Crippen LogP contribution is -1.95. The van der Waals surface area contributed by atoms with Crippen molar-refractivity contribution in [2.45, 2.75) is 0 Å². The maximum atomic E-state index is 4.80. The highest BCUT2D eigenvalue weighted by molar-refractivity contribution is 6.28. The molecule has 0 unspecified atom stereocenters. The molecule has 47 heavy (non-hydrogen) atoms. The minimum Gasteiger partial charge on any atom is -0.294 e. The molecule has 0 spiro atoms. The van der Waals surface area contributed by atoms with Crippen LogP contribution in [0.5, 0.6) is 0 Å². The molecule has 0 amide bonds. The molecule has 8 aromatic carbocycles. The van der Waals surface area contributed by atoms with Crippen molar-refractivity contribution in [2.24, 2.45) is 0 Å². The number of aromatic nitrogens is 2. The largest absolute Gasteiger partial charge is 0.294 e. The quantitative estimate of drug-likeness (QED) is 0.185. The van der Waals surface area contributed by atoms with Crippen LogP contribution in [-0.4, -0.2) is 9.55 Å². The molecular weight excluding hydrogens is 569 g/mol. The van der Waals surface area contributed by atoms with E-state index in [0.29, 0.717) is 0 Å². The fraction of sp³-hybridized carbons (Fsp3) is 0.